The van der Waals surface area contributed by atoms with E-state index in [2.05, 4.69) is 15.1 Å². The zero-order valence-electron chi connectivity index (χ0n) is 24.8. The van der Waals surface area contributed by atoms with E-state index in [1.807, 2.05) is 72.8 Å². The largest absolute Gasteiger partial charge is 0.449 e. The van der Waals surface area contributed by atoms with Crippen LogP contribution >= 0.6 is 11.6 Å². The van der Waals surface area contributed by atoms with Gasteiger partial charge in [-0.15, -0.1) is 0 Å². The van der Waals surface area contributed by atoms with E-state index in [0.717, 1.165) is 56.0 Å². The van der Waals surface area contributed by atoms with Gasteiger partial charge in [-0.2, -0.15) is 0 Å². The van der Waals surface area contributed by atoms with Gasteiger partial charge in [0, 0.05) is 49.0 Å². The standard InChI is InChI=1S/C36H34ClFN4O3/c37-29-12-8-27(9-13-29)25-42-32-4-1-2-5-33(32)45-34(36(42)44)24-26-6-10-28(11-7-26)35(43)39-18-3-19-40-20-22-41(23-21-40)31-16-14-30(38)15-17-31/h1-2,4-17,24H,3,18-23,25H2,(H,39,43)/b34-24-. The van der Waals surface area contributed by atoms with Crippen molar-refractivity contribution in [3.8, 4) is 5.75 Å². The van der Waals surface area contributed by atoms with Crippen LogP contribution in [0.25, 0.3) is 6.08 Å². The molecule has 1 saturated heterocycles. The SMILES string of the molecule is O=C(NCCCN1CCN(c2ccc(F)cc2)CC1)c1ccc(/C=C2\Oc3ccccc3N(Cc3ccc(Cl)cc3)C2=O)cc1. The Morgan fingerprint density at radius 2 is 1.60 bits per heavy atom. The molecular weight excluding hydrogens is 591 g/mol. The number of hydrogen-bond acceptors (Lipinski definition) is 5. The van der Waals surface area contributed by atoms with Crippen molar-refractivity contribution in [2.45, 2.75) is 13.0 Å². The van der Waals surface area contributed by atoms with Gasteiger partial charge in [0.1, 0.15) is 5.82 Å². The lowest BCUT2D eigenvalue weighted by Gasteiger charge is -2.36. The minimum atomic E-state index is -0.248. The van der Waals surface area contributed by atoms with Crippen LogP contribution in [-0.4, -0.2) is 56.0 Å². The number of nitrogens with one attached hydrogen (secondary N) is 1. The number of anilines is 2. The number of benzene rings is 4. The Morgan fingerprint density at radius 1 is 0.889 bits per heavy atom. The fourth-order valence-corrected chi connectivity index (χ4v) is 5.69. The minimum absolute atomic E-state index is 0.136. The molecule has 2 amide bonds. The van der Waals surface area contributed by atoms with E-state index in [4.69, 9.17) is 16.3 Å². The van der Waals surface area contributed by atoms with Crippen LogP contribution in [0.1, 0.15) is 27.9 Å². The lowest BCUT2D eigenvalue weighted by atomic mass is 10.1. The average Bonchev–Trinajstić information content (AvgIpc) is 3.07. The smallest absolute Gasteiger partial charge is 0.294 e. The van der Waals surface area contributed by atoms with Crippen molar-refractivity contribution in [2.24, 2.45) is 0 Å². The maximum absolute atomic E-state index is 13.5. The van der Waals surface area contributed by atoms with Crippen molar-refractivity contribution >= 4 is 40.9 Å². The predicted molar refractivity (Wildman–Crippen MR) is 176 cm³/mol. The highest BCUT2D eigenvalue weighted by Crippen LogP contribution is 2.36. The maximum Gasteiger partial charge on any atom is 0.294 e. The third kappa shape index (κ3) is 7.53. The Balaban J connectivity index is 1.00. The van der Waals surface area contributed by atoms with E-state index < -0.39 is 0 Å². The van der Waals surface area contributed by atoms with Gasteiger partial charge in [0.05, 0.1) is 12.2 Å². The summed E-state index contributed by atoms with van der Waals surface area (Å²) in [6.07, 6.45) is 2.55. The van der Waals surface area contributed by atoms with Gasteiger partial charge in [-0.05, 0) is 90.8 Å². The lowest BCUT2D eigenvalue weighted by molar-refractivity contribution is -0.117. The molecule has 0 atom stereocenters. The first-order valence-corrected chi connectivity index (χ1v) is 15.5. The fourth-order valence-electron chi connectivity index (χ4n) is 5.56. The molecule has 0 spiro atoms. The second-order valence-corrected chi connectivity index (χ2v) is 11.6. The number of carbonyl (C=O) groups excluding carboxylic acids is 2. The van der Waals surface area contributed by atoms with Crippen LogP contribution in [0, 0.1) is 5.82 Å². The molecule has 1 fully saturated rings. The number of hydrogen-bond donors (Lipinski definition) is 1. The van der Waals surface area contributed by atoms with Crippen LogP contribution in [-0.2, 0) is 11.3 Å². The maximum atomic E-state index is 13.5. The quantitative estimate of drug-likeness (QED) is 0.173. The molecule has 0 aromatic heterocycles. The highest BCUT2D eigenvalue weighted by Gasteiger charge is 2.30. The molecule has 1 N–H and O–H groups in total. The second kappa shape index (κ2) is 14.0. The van der Waals surface area contributed by atoms with E-state index in [0.29, 0.717) is 35.1 Å². The van der Waals surface area contributed by atoms with Gasteiger partial charge in [-0.3, -0.25) is 19.4 Å². The summed E-state index contributed by atoms with van der Waals surface area (Å²) in [5.41, 5.74) is 4.00. The molecule has 0 saturated carbocycles. The van der Waals surface area contributed by atoms with Gasteiger partial charge in [0.25, 0.3) is 11.8 Å². The first-order chi connectivity index (χ1) is 21.9. The molecule has 6 rings (SSSR count). The van der Waals surface area contributed by atoms with Gasteiger partial charge >= 0.3 is 0 Å². The Hall–Kier alpha value is -4.66. The van der Waals surface area contributed by atoms with Crippen molar-refractivity contribution in [3.63, 3.8) is 0 Å². The number of amides is 2. The zero-order valence-corrected chi connectivity index (χ0v) is 25.6. The summed E-state index contributed by atoms with van der Waals surface area (Å²) < 4.78 is 19.2. The lowest BCUT2D eigenvalue weighted by Crippen LogP contribution is -2.47. The van der Waals surface area contributed by atoms with E-state index in [-0.39, 0.29) is 23.4 Å². The molecular formula is C36H34ClFN4O3. The number of rotatable bonds is 9. The highest BCUT2D eigenvalue weighted by molar-refractivity contribution is 6.30. The van der Waals surface area contributed by atoms with Crippen molar-refractivity contribution < 1.29 is 18.7 Å². The van der Waals surface area contributed by atoms with Crippen molar-refractivity contribution in [2.75, 3.05) is 49.1 Å². The Morgan fingerprint density at radius 3 is 2.33 bits per heavy atom. The van der Waals surface area contributed by atoms with E-state index in [9.17, 15) is 14.0 Å². The summed E-state index contributed by atoms with van der Waals surface area (Å²) in [4.78, 5) is 32.6. The normalized spacial score (nSPS) is 16.0. The first kappa shape index (κ1) is 30.4. The third-order valence-corrected chi connectivity index (χ3v) is 8.31. The van der Waals surface area contributed by atoms with E-state index in [1.54, 1.807) is 23.1 Å². The number of nitrogens with zero attached hydrogens (tertiary/aromatic N) is 3. The molecule has 0 aliphatic carbocycles. The van der Waals surface area contributed by atoms with Crippen LogP contribution in [0.2, 0.25) is 5.02 Å². The number of piperazine rings is 1. The topological polar surface area (TPSA) is 65.1 Å². The number of halogens is 2. The summed E-state index contributed by atoms with van der Waals surface area (Å²) in [5, 5.41) is 3.65. The summed E-state index contributed by atoms with van der Waals surface area (Å²) >= 11 is 6.05. The number of ether oxygens (including phenoxy) is 1. The van der Waals surface area contributed by atoms with E-state index >= 15 is 0 Å². The molecule has 2 heterocycles. The Kier molecular flexibility index (Phi) is 9.43. The van der Waals surface area contributed by atoms with Crippen molar-refractivity contribution in [1.82, 2.24) is 10.2 Å². The molecule has 0 radical (unpaired) electrons. The summed E-state index contributed by atoms with van der Waals surface area (Å²) in [5.74, 6) is 0.204. The van der Waals surface area contributed by atoms with Crippen LogP contribution in [0.4, 0.5) is 15.8 Å². The molecule has 230 valence electrons. The molecule has 2 aliphatic rings. The van der Waals surface area contributed by atoms with Crippen molar-refractivity contribution in [3.05, 3.63) is 130 Å². The van der Waals surface area contributed by atoms with Gasteiger partial charge in [-0.1, -0.05) is 48.0 Å². The summed E-state index contributed by atoms with van der Waals surface area (Å²) in [6, 6.07) is 28.6. The van der Waals surface area contributed by atoms with Gasteiger partial charge < -0.3 is 15.0 Å². The summed E-state index contributed by atoms with van der Waals surface area (Å²) in [6.45, 7) is 5.50. The highest BCUT2D eigenvalue weighted by atomic mass is 35.5. The molecule has 2 aliphatic heterocycles. The van der Waals surface area contributed by atoms with Crippen LogP contribution in [0.5, 0.6) is 5.75 Å². The third-order valence-electron chi connectivity index (χ3n) is 8.06. The summed E-state index contributed by atoms with van der Waals surface area (Å²) in [7, 11) is 0. The molecule has 7 nitrogen and oxygen atoms in total. The Labute approximate surface area is 267 Å². The van der Waals surface area contributed by atoms with Crippen LogP contribution < -0.4 is 19.9 Å². The molecule has 9 heteroatoms. The number of carbonyl (C=O) groups is 2. The molecule has 0 unspecified atom stereocenters. The monoisotopic (exact) mass is 624 g/mol. The molecule has 45 heavy (non-hydrogen) atoms. The predicted octanol–water partition coefficient (Wildman–Crippen LogP) is 6.39. The second-order valence-electron chi connectivity index (χ2n) is 11.1. The number of fused-ring (bicyclic) bond motifs is 1. The molecule has 4 aromatic rings. The van der Waals surface area contributed by atoms with Gasteiger partial charge in [0.2, 0.25) is 0 Å². The van der Waals surface area contributed by atoms with Crippen molar-refractivity contribution in [1.29, 1.82) is 0 Å². The zero-order chi connectivity index (χ0) is 31.2. The first-order valence-electron chi connectivity index (χ1n) is 15.1. The van der Waals surface area contributed by atoms with Crippen LogP contribution in [0.3, 0.4) is 0 Å². The van der Waals surface area contributed by atoms with Gasteiger partial charge in [0.15, 0.2) is 11.5 Å². The molecule has 4 aromatic carbocycles. The fraction of sp³-hybridized carbons (Fsp3) is 0.222. The van der Waals surface area contributed by atoms with E-state index in [1.165, 1.54) is 12.1 Å². The average molecular weight is 625 g/mol. The van der Waals surface area contributed by atoms with Gasteiger partial charge in [-0.25, -0.2) is 4.39 Å². The van der Waals surface area contributed by atoms with Crippen LogP contribution in [0.15, 0.2) is 103 Å². The minimum Gasteiger partial charge on any atom is -0.449 e. The molecule has 0 bridgehead atoms. The Bertz CT molecular complexity index is 1670. The number of para-hydroxylation sites is 2.